The van der Waals surface area contributed by atoms with Crippen LogP contribution < -0.4 is 5.32 Å². The number of nitrogens with one attached hydrogen (secondary N) is 1. The molecule has 70 valence electrons. The molecule has 0 spiro atoms. The molecule has 0 saturated heterocycles. The van der Waals surface area contributed by atoms with Crippen LogP contribution in [0.1, 0.15) is 4.88 Å². The number of carbonyl (C=O) groups is 1. The monoisotopic (exact) mass is 197 g/mol. The van der Waals surface area contributed by atoms with Crippen molar-refractivity contribution in [1.29, 1.82) is 0 Å². The van der Waals surface area contributed by atoms with Crippen LogP contribution in [0.2, 0.25) is 0 Å². The predicted octanol–water partition coefficient (Wildman–Crippen LogP) is 2.16. The zero-order valence-corrected chi connectivity index (χ0v) is 7.97. The molecule has 0 aromatic carbocycles. The smallest absolute Gasteiger partial charge is 0.407 e. The van der Waals surface area contributed by atoms with Gasteiger partial charge in [-0.05, 0) is 11.4 Å². The van der Waals surface area contributed by atoms with Crippen LogP contribution in [0.15, 0.2) is 30.2 Å². The molecule has 0 unspecified atom stereocenters. The van der Waals surface area contributed by atoms with Gasteiger partial charge in [0.1, 0.15) is 6.61 Å². The Labute approximate surface area is 81.0 Å². The molecule has 1 aromatic rings. The molecule has 4 heteroatoms. The lowest BCUT2D eigenvalue weighted by Gasteiger charge is -2.02. The van der Waals surface area contributed by atoms with Gasteiger partial charge in [-0.15, -0.1) is 11.3 Å². The molecular weight excluding hydrogens is 186 g/mol. The van der Waals surface area contributed by atoms with Crippen molar-refractivity contribution in [1.82, 2.24) is 5.32 Å². The summed E-state index contributed by atoms with van der Waals surface area (Å²) in [5, 5.41) is 4.59. The van der Waals surface area contributed by atoms with Crippen molar-refractivity contribution >= 4 is 17.4 Å². The number of hydrogen-bond donors (Lipinski definition) is 1. The van der Waals surface area contributed by atoms with Crippen LogP contribution in [0.3, 0.4) is 0 Å². The molecule has 0 radical (unpaired) electrons. The largest absolute Gasteiger partial charge is 0.445 e. The maximum Gasteiger partial charge on any atom is 0.407 e. The lowest BCUT2D eigenvalue weighted by atomic mass is 10.5. The molecule has 1 heterocycles. The lowest BCUT2D eigenvalue weighted by molar-refractivity contribution is 0.158. The molecule has 0 aliphatic heterocycles. The summed E-state index contributed by atoms with van der Waals surface area (Å²) >= 11 is 1.60. The number of alkyl carbamates (subject to hydrolysis) is 1. The van der Waals surface area contributed by atoms with Crippen LogP contribution in [0.5, 0.6) is 0 Å². The minimum atomic E-state index is -0.409. The van der Waals surface area contributed by atoms with Crippen LogP contribution in [0.4, 0.5) is 4.79 Å². The molecule has 1 N–H and O–H groups in total. The SMILES string of the molecule is C=CCOC(=O)NCc1cccs1. The van der Waals surface area contributed by atoms with Crippen molar-refractivity contribution in [2.24, 2.45) is 0 Å². The van der Waals surface area contributed by atoms with Crippen molar-refractivity contribution in [2.45, 2.75) is 6.54 Å². The zero-order valence-electron chi connectivity index (χ0n) is 7.16. The third-order valence-electron chi connectivity index (χ3n) is 1.32. The summed E-state index contributed by atoms with van der Waals surface area (Å²) in [6, 6.07) is 3.90. The fourth-order valence-corrected chi connectivity index (χ4v) is 1.40. The van der Waals surface area contributed by atoms with Crippen molar-refractivity contribution < 1.29 is 9.53 Å². The minimum absolute atomic E-state index is 0.246. The second kappa shape index (κ2) is 5.37. The molecule has 1 rings (SSSR count). The molecule has 0 saturated carbocycles. The fraction of sp³-hybridized carbons (Fsp3) is 0.222. The summed E-state index contributed by atoms with van der Waals surface area (Å²) < 4.78 is 4.73. The first-order valence-electron chi connectivity index (χ1n) is 3.87. The van der Waals surface area contributed by atoms with Gasteiger partial charge in [-0.25, -0.2) is 4.79 Å². The average molecular weight is 197 g/mol. The van der Waals surface area contributed by atoms with Crippen LogP contribution in [0, 0.1) is 0 Å². The Balaban J connectivity index is 2.19. The topological polar surface area (TPSA) is 38.3 Å². The standard InChI is InChI=1S/C9H11NO2S/c1-2-5-12-9(11)10-7-8-4-3-6-13-8/h2-4,6H,1,5,7H2,(H,10,11). The highest BCUT2D eigenvalue weighted by molar-refractivity contribution is 7.09. The van der Waals surface area contributed by atoms with Crippen molar-refractivity contribution in [3.63, 3.8) is 0 Å². The van der Waals surface area contributed by atoms with E-state index in [-0.39, 0.29) is 6.61 Å². The van der Waals surface area contributed by atoms with Gasteiger partial charge < -0.3 is 10.1 Å². The van der Waals surface area contributed by atoms with Crippen molar-refractivity contribution in [2.75, 3.05) is 6.61 Å². The summed E-state index contributed by atoms with van der Waals surface area (Å²) in [5.74, 6) is 0. The van der Waals surface area contributed by atoms with Gasteiger partial charge in [0.05, 0.1) is 6.54 Å². The average Bonchev–Trinajstić information content (AvgIpc) is 2.64. The number of hydrogen-bond acceptors (Lipinski definition) is 3. The van der Waals surface area contributed by atoms with E-state index in [0.717, 1.165) is 4.88 Å². The van der Waals surface area contributed by atoms with E-state index < -0.39 is 6.09 Å². The van der Waals surface area contributed by atoms with E-state index in [9.17, 15) is 4.79 Å². The molecule has 0 atom stereocenters. The van der Waals surface area contributed by atoms with E-state index in [0.29, 0.717) is 6.54 Å². The number of rotatable bonds is 4. The van der Waals surface area contributed by atoms with E-state index >= 15 is 0 Å². The molecular formula is C9H11NO2S. The molecule has 1 amide bonds. The number of carbonyl (C=O) groups excluding carboxylic acids is 1. The first-order valence-corrected chi connectivity index (χ1v) is 4.75. The Morgan fingerprint density at radius 3 is 3.23 bits per heavy atom. The van der Waals surface area contributed by atoms with E-state index in [1.165, 1.54) is 6.08 Å². The van der Waals surface area contributed by atoms with Gasteiger partial charge in [0.25, 0.3) is 0 Å². The van der Waals surface area contributed by atoms with E-state index in [1.54, 1.807) is 11.3 Å². The maximum atomic E-state index is 10.9. The molecule has 1 aromatic heterocycles. The first kappa shape index (κ1) is 9.80. The normalized spacial score (nSPS) is 9.23. The Morgan fingerprint density at radius 2 is 2.62 bits per heavy atom. The Morgan fingerprint density at radius 1 is 1.77 bits per heavy atom. The highest BCUT2D eigenvalue weighted by Crippen LogP contribution is 2.07. The molecule has 3 nitrogen and oxygen atoms in total. The molecule has 13 heavy (non-hydrogen) atoms. The summed E-state index contributed by atoms with van der Waals surface area (Å²) in [5.41, 5.74) is 0. The summed E-state index contributed by atoms with van der Waals surface area (Å²) in [6.07, 6.45) is 1.12. The molecule has 0 fully saturated rings. The maximum absolute atomic E-state index is 10.9. The van der Waals surface area contributed by atoms with Gasteiger partial charge in [-0.2, -0.15) is 0 Å². The summed E-state index contributed by atoms with van der Waals surface area (Å²) in [6.45, 7) is 4.21. The second-order valence-corrected chi connectivity index (χ2v) is 3.35. The van der Waals surface area contributed by atoms with E-state index in [1.807, 2.05) is 17.5 Å². The fourth-order valence-electron chi connectivity index (χ4n) is 0.758. The molecule has 0 aliphatic carbocycles. The van der Waals surface area contributed by atoms with Gasteiger partial charge in [0.15, 0.2) is 0 Å². The summed E-state index contributed by atoms with van der Waals surface area (Å²) in [4.78, 5) is 12.0. The lowest BCUT2D eigenvalue weighted by Crippen LogP contribution is -2.23. The van der Waals surface area contributed by atoms with E-state index in [4.69, 9.17) is 4.74 Å². The van der Waals surface area contributed by atoms with Crippen LogP contribution in [-0.2, 0) is 11.3 Å². The minimum Gasteiger partial charge on any atom is -0.445 e. The quantitative estimate of drug-likeness (QED) is 0.751. The highest BCUT2D eigenvalue weighted by atomic mass is 32.1. The van der Waals surface area contributed by atoms with E-state index in [2.05, 4.69) is 11.9 Å². The number of ether oxygens (including phenoxy) is 1. The Bertz CT molecular complexity index is 269. The number of thiophene rings is 1. The Kier molecular flexibility index (Phi) is 4.05. The molecule has 0 bridgehead atoms. The van der Waals surface area contributed by atoms with Gasteiger partial charge in [0.2, 0.25) is 0 Å². The van der Waals surface area contributed by atoms with Gasteiger partial charge >= 0.3 is 6.09 Å². The second-order valence-electron chi connectivity index (χ2n) is 2.32. The molecule has 0 aliphatic rings. The first-order chi connectivity index (χ1) is 6.33. The predicted molar refractivity (Wildman–Crippen MR) is 52.7 cm³/mol. The van der Waals surface area contributed by atoms with Gasteiger partial charge in [-0.3, -0.25) is 0 Å². The van der Waals surface area contributed by atoms with Crippen LogP contribution in [-0.4, -0.2) is 12.7 Å². The Hall–Kier alpha value is -1.29. The third-order valence-corrected chi connectivity index (χ3v) is 2.20. The van der Waals surface area contributed by atoms with Crippen LogP contribution in [0.25, 0.3) is 0 Å². The van der Waals surface area contributed by atoms with Crippen LogP contribution >= 0.6 is 11.3 Å². The zero-order chi connectivity index (χ0) is 9.52. The third kappa shape index (κ3) is 3.75. The van der Waals surface area contributed by atoms with Gasteiger partial charge in [-0.1, -0.05) is 18.7 Å². The van der Waals surface area contributed by atoms with Crippen molar-refractivity contribution in [3.8, 4) is 0 Å². The highest BCUT2D eigenvalue weighted by Gasteiger charge is 1.99. The number of amides is 1. The summed E-state index contributed by atoms with van der Waals surface area (Å²) in [7, 11) is 0. The van der Waals surface area contributed by atoms with Gasteiger partial charge in [0, 0.05) is 4.88 Å². The van der Waals surface area contributed by atoms with Crippen molar-refractivity contribution in [3.05, 3.63) is 35.0 Å².